The van der Waals surface area contributed by atoms with E-state index in [1.54, 1.807) is 0 Å². The third-order valence-electron chi connectivity index (χ3n) is 6.39. The van der Waals surface area contributed by atoms with Crippen LogP contribution in [0.5, 0.6) is 0 Å². The molecule has 4 aliphatic rings. The zero-order chi connectivity index (χ0) is 16.3. The van der Waals surface area contributed by atoms with Gasteiger partial charge in [-0.2, -0.15) is 0 Å². The zero-order valence-electron chi connectivity index (χ0n) is 14.2. The van der Waals surface area contributed by atoms with Crippen molar-refractivity contribution in [2.24, 2.45) is 17.3 Å². The lowest BCUT2D eigenvalue weighted by atomic mass is 9.43. The number of rotatable bonds is 4. The van der Waals surface area contributed by atoms with E-state index in [2.05, 4.69) is 40.6 Å². The monoisotopic (exact) mass is 326 g/mol. The van der Waals surface area contributed by atoms with Crippen LogP contribution in [0, 0.1) is 17.3 Å². The molecule has 3 saturated carbocycles. The van der Waals surface area contributed by atoms with Crippen LogP contribution in [0.15, 0.2) is 0 Å². The van der Waals surface area contributed by atoms with Crippen molar-refractivity contribution in [3.8, 4) is 0 Å². The number of nitrogens with one attached hydrogen (secondary N) is 2. The van der Waals surface area contributed by atoms with Crippen LogP contribution in [0.1, 0.15) is 47.5 Å². The molecule has 0 aromatic rings. The molecule has 0 radical (unpaired) electrons. The van der Waals surface area contributed by atoms with Crippen molar-refractivity contribution in [2.45, 2.75) is 71.1 Å². The SMILES string of the molecule is CC(NC(=O)C(C)NP)B1O[C@@H]2C[C@@H]3C[C@@H](C3(C)C)[C@]2(C)O1. The summed E-state index contributed by atoms with van der Waals surface area (Å²) >= 11 is 0. The van der Waals surface area contributed by atoms with Crippen LogP contribution < -0.4 is 10.4 Å². The van der Waals surface area contributed by atoms with E-state index >= 15 is 0 Å². The van der Waals surface area contributed by atoms with Gasteiger partial charge in [0.25, 0.3) is 0 Å². The Labute approximate surface area is 136 Å². The number of carbonyl (C=O) groups excluding carboxylic acids is 1. The molecule has 1 saturated heterocycles. The van der Waals surface area contributed by atoms with E-state index in [4.69, 9.17) is 9.31 Å². The highest BCUT2D eigenvalue weighted by Gasteiger charge is 2.68. The van der Waals surface area contributed by atoms with E-state index in [0.717, 1.165) is 12.3 Å². The van der Waals surface area contributed by atoms with Gasteiger partial charge in [-0.15, -0.1) is 0 Å². The first kappa shape index (κ1) is 16.7. The predicted molar refractivity (Wildman–Crippen MR) is 90.0 cm³/mol. The van der Waals surface area contributed by atoms with E-state index in [1.807, 2.05) is 13.8 Å². The summed E-state index contributed by atoms with van der Waals surface area (Å²) < 4.78 is 12.5. The van der Waals surface area contributed by atoms with Crippen molar-refractivity contribution in [2.75, 3.05) is 0 Å². The first-order valence-corrected chi connectivity index (χ1v) is 8.87. The summed E-state index contributed by atoms with van der Waals surface area (Å²) in [5.41, 5.74) is 0.125. The molecule has 2 bridgehead atoms. The summed E-state index contributed by atoms with van der Waals surface area (Å²) in [4.78, 5) is 12.0. The first-order valence-electron chi connectivity index (χ1n) is 8.30. The molecule has 3 unspecified atom stereocenters. The van der Waals surface area contributed by atoms with Crippen LogP contribution in [0.3, 0.4) is 0 Å². The molecule has 7 atom stereocenters. The summed E-state index contributed by atoms with van der Waals surface area (Å²) in [6.07, 6.45) is 2.47. The molecule has 0 spiro atoms. The maximum atomic E-state index is 12.0. The van der Waals surface area contributed by atoms with Gasteiger partial charge in [0.1, 0.15) is 0 Å². The molecular formula is C15H28BN2O3P. The summed E-state index contributed by atoms with van der Waals surface area (Å²) in [5.74, 6) is 1.09. The van der Waals surface area contributed by atoms with Gasteiger partial charge in [-0.1, -0.05) is 23.2 Å². The van der Waals surface area contributed by atoms with Crippen LogP contribution >= 0.6 is 9.39 Å². The van der Waals surface area contributed by atoms with Crippen LogP contribution in [-0.4, -0.2) is 36.7 Å². The van der Waals surface area contributed by atoms with Crippen molar-refractivity contribution in [3.63, 3.8) is 0 Å². The summed E-state index contributed by atoms with van der Waals surface area (Å²) in [5, 5.41) is 5.85. The third kappa shape index (κ3) is 2.34. The van der Waals surface area contributed by atoms with Gasteiger partial charge in [0.15, 0.2) is 0 Å². The fraction of sp³-hybridized carbons (Fsp3) is 0.933. The largest absolute Gasteiger partial charge is 0.481 e. The molecule has 22 heavy (non-hydrogen) atoms. The van der Waals surface area contributed by atoms with Gasteiger partial charge in [0, 0.05) is 0 Å². The fourth-order valence-electron chi connectivity index (χ4n) is 4.61. The maximum Gasteiger partial charge on any atom is 0.481 e. The van der Waals surface area contributed by atoms with Crippen molar-refractivity contribution in [1.82, 2.24) is 10.4 Å². The molecule has 124 valence electrons. The molecule has 0 aromatic carbocycles. The van der Waals surface area contributed by atoms with Gasteiger partial charge < -0.3 is 14.6 Å². The number of hydrogen-bond acceptors (Lipinski definition) is 4. The minimum absolute atomic E-state index is 0.0423. The number of amides is 1. The summed E-state index contributed by atoms with van der Waals surface area (Å²) in [6.45, 7) is 10.7. The molecule has 1 amide bonds. The molecule has 4 fully saturated rings. The second kappa shape index (κ2) is 5.44. The highest BCUT2D eigenvalue weighted by atomic mass is 31.0. The lowest BCUT2D eigenvalue weighted by molar-refractivity contribution is -0.199. The van der Waals surface area contributed by atoms with Crippen molar-refractivity contribution in [3.05, 3.63) is 0 Å². The van der Waals surface area contributed by atoms with E-state index in [0.29, 0.717) is 11.3 Å². The maximum absolute atomic E-state index is 12.0. The molecule has 2 N–H and O–H groups in total. The van der Waals surface area contributed by atoms with Crippen molar-refractivity contribution < 1.29 is 14.1 Å². The minimum atomic E-state index is -0.356. The Morgan fingerprint density at radius 1 is 1.32 bits per heavy atom. The van der Waals surface area contributed by atoms with Crippen LogP contribution in [0.25, 0.3) is 0 Å². The molecule has 5 nitrogen and oxygen atoms in total. The minimum Gasteiger partial charge on any atom is -0.404 e. The molecular weight excluding hydrogens is 298 g/mol. The topological polar surface area (TPSA) is 59.6 Å². The standard InChI is InChI=1S/C15H28BN2O3P/c1-8(18-22)13(19)17-9(2)16-20-12-7-10-6-11(14(10,3)4)15(12,5)21-16/h8-12,18H,6-7,22H2,1-5H3,(H,17,19)/t8?,9?,10-,11-,12+,15-/m0/s1. The molecule has 1 aliphatic heterocycles. The Bertz CT molecular complexity index is 478. The third-order valence-corrected chi connectivity index (χ3v) is 6.89. The summed E-state index contributed by atoms with van der Waals surface area (Å²) in [7, 11) is 2.01. The van der Waals surface area contributed by atoms with Crippen LogP contribution in [0.4, 0.5) is 0 Å². The smallest absolute Gasteiger partial charge is 0.404 e. The lowest BCUT2D eigenvalue weighted by Gasteiger charge is -2.64. The van der Waals surface area contributed by atoms with Crippen molar-refractivity contribution >= 4 is 22.4 Å². The predicted octanol–water partition coefficient (Wildman–Crippen LogP) is 1.53. The summed E-state index contributed by atoms with van der Waals surface area (Å²) in [6, 6.07) is -0.251. The highest BCUT2D eigenvalue weighted by Crippen LogP contribution is 2.65. The average molecular weight is 326 g/mol. The number of carbonyl (C=O) groups is 1. The Morgan fingerprint density at radius 2 is 2.00 bits per heavy atom. The highest BCUT2D eigenvalue weighted by molar-refractivity contribution is 7.13. The van der Waals surface area contributed by atoms with Gasteiger partial charge in [-0.3, -0.25) is 9.88 Å². The molecule has 1 heterocycles. The lowest BCUT2D eigenvalue weighted by Crippen LogP contribution is -2.65. The fourth-order valence-corrected chi connectivity index (χ4v) is 4.76. The Hall–Kier alpha value is -0.155. The zero-order valence-corrected chi connectivity index (χ0v) is 15.3. The van der Waals surface area contributed by atoms with Gasteiger partial charge >= 0.3 is 7.12 Å². The van der Waals surface area contributed by atoms with E-state index in [9.17, 15) is 4.79 Å². The van der Waals surface area contributed by atoms with Crippen molar-refractivity contribution in [1.29, 1.82) is 0 Å². The molecule has 7 heteroatoms. The normalized spacial score (nSPS) is 41.4. The van der Waals surface area contributed by atoms with Gasteiger partial charge in [-0.25, -0.2) is 0 Å². The van der Waals surface area contributed by atoms with Gasteiger partial charge in [0.05, 0.1) is 23.7 Å². The molecule has 4 rings (SSSR count). The average Bonchev–Trinajstić information content (AvgIpc) is 2.82. The Morgan fingerprint density at radius 3 is 2.59 bits per heavy atom. The van der Waals surface area contributed by atoms with E-state index < -0.39 is 0 Å². The molecule has 0 aromatic heterocycles. The van der Waals surface area contributed by atoms with Gasteiger partial charge in [-0.05, 0) is 50.9 Å². The first-order chi connectivity index (χ1) is 10.2. The van der Waals surface area contributed by atoms with E-state index in [1.165, 1.54) is 6.42 Å². The Balaban J connectivity index is 1.66. The van der Waals surface area contributed by atoms with E-state index in [-0.39, 0.29) is 36.7 Å². The van der Waals surface area contributed by atoms with Crippen LogP contribution in [0.2, 0.25) is 0 Å². The number of hydrogen-bond donors (Lipinski definition) is 2. The van der Waals surface area contributed by atoms with Gasteiger partial charge in [0.2, 0.25) is 5.91 Å². The quantitative estimate of drug-likeness (QED) is 0.608. The second-order valence-electron chi connectivity index (χ2n) is 8.02. The Kier molecular flexibility index (Phi) is 4.13. The van der Waals surface area contributed by atoms with Crippen LogP contribution in [-0.2, 0) is 14.1 Å². The molecule has 3 aliphatic carbocycles. The second-order valence-corrected chi connectivity index (χ2v) is 8.36.